The molecule has 0 unspecified atom stereocenters. The summed E-state index contributed by atoms with van der Waals surface area (Å²) in [6, 6.07) is 7.85. The van der Waals surface area contributed by atoms with Gasteiger partial charge in [0.1, 0.15) is 11.5 Å². The van der Waals surface area contributed by atoms with Crippen LogP contribution in [0.2, 0.25) is 0 Å². The largest absolute Gasteiger partial charge is 0.368 e. The second-order valence-electron chi connectivity index (χ2n) is 6.71. The zero-order chi connectivity index (χ0) is 15.7. The molecule has 4 heterocycles. The summed E-state index contributed by atoms with van der Waals surface area (Å²) >= 11 is 0. The van der Waals surface area contributed by atoms with Gasteiger partial charge in [-0.1, -0.05) is 6.07 Å². The van der Waals surface area contributed by atoms with E-state index in [1.54, 1.807) is 6.20 Å². The van der Waals surface area contributed by atoms with Crippen molar-refractivity contribution in [2.45, 2.75) is 38.1 Å². The predicted molar refractivity (Wildman–Crippen MR) is 91.3 cm³/mol. The van der Waals surface area contributed by atoms with Crippen molar-refractivity contribution in [3.05, 3.63) is 36.2 Å². The molecule has 2 aromatic heterocycles. The number of pyridine rings is 1. The van der Waals surface area contributed by atoms with Crippen LogP contribution in [0.4, 0.5) is 5.82 Å². The molecule has 2 saturated heterocycles. The zero-order valence-corrected chi connectivity index (χ0v) is 13.6. The van der Waals surface area contributed by atoms with Crippen LogP contribution in [0.5, 0.6) is 0 Å². The molecule has 0 atom stereocenters. The fraction of sp³-hybridized carbons (Fsp3) is 0.500. The van der Waals surface area contributed by atoms with Gasteiger partial charge >= 0.3 is 0 Å². The molecular formula is C18H23N5. The lowest BCUT2D eigenvalue weighted by atomic mass is 9.94. The standard InChI is InChI=1S/C18H23N5/c1-14-12-16(22-17(21-14)15-6-2-3-9-19-15)20-13-18-7-4-10-23(18)11-5-8-18/h2-3,6,9,12H,4-5,7-8,10-11,13H2,1H3,(H,20,21,22). The van der Waals surface area contributed by atoms with Crippen LogP contribution < -0.4 is 5.32 Å². The van der Waals surface area contributed by atoms with E-state index in [2.05, 4.69) is 25.2 Å². The maximum absolute atomic E-state index is 4.67. The molecule has 0 bridgehead atoms. The average Bonchev–Trinajstić information content (AvgIpc) is 3.13. The first-order valence-electron chi connectivity index (χ1n) is 8.51. The van der Waals surface area contributed by atoms with Crippen molar-refractivity contribution in [3.63, 3.8) is 0 Å². The first-order chi connectivity index (χ1) is 11.3. The van der Waals surface area contributed by atoms with Crippen LogP contribution in [0.1, 0.15) is 31.4 Å². The fourth-order valence-corrected chi connectivity index (χ4v) is 4.04. The SMILES string of the molecule is Cc1cc(NCC23CCCN2CCC3)nc(-c2ccccn2)n1. The number of hydrogen-bond donors (Lipinski definition) is 1. The summed E-state index contributed by atoms with van der Waals surface area (Å²) in [5.74, 6) is 1.60. The van der Waals surface area contributed by atoms with Crippen molar-refractivity contribution in [2.24, 2.45) is 0 Å². The van der Waals surface area contributed by atoms with E-state index in [0.29, 0.717) is 11.4 Å². The van der Waals surface area contributed by atoms with Crippen molar-refractivity contribution < 1.29 is 0 Å². The van der Waals surface area contributed by atoms with Crippen LogP contribution in [0.3, 0.4) is 0 Å². The Morgan fingerprint density at radius 2 is 2.00 bits per heavy atom. The minimum absolute atomic E-state index is 0.351. The molecule has 0 radical (unpaired) electrons. The Hall–Kier alpha value is -2.01. The molecule has 0 aromatic carbocycles. The van der Waals surface area contributed by atoms with E-state index >= 15 is 0 Å². The van der Waals surface area contributed by atoms with E-state index < -0.39 is 0 Å². The maximum atomic E-state index is 4.67. The highest BCUT2D eigenvalue weighted by Crippen LogP contribution is 2.38. The van der Waals surface area contributed by atoms with Crippen LogP contribution in [0.25, 0.3) is 11.5 Å². The van der Waals surface area contributed by atoms with Crippen molar-refractivity contribution in [1.29, 1.82) is 0 Å². The van der Waals surface area contributed by atoms with Crippen molar-refractivity contribution in [3.8, 4) is 11.5 Å². The molecule has 120 valence electrons. The molecule has 2 aliphatic rings. The lowest BCUT2D eigenvalue weighted by Gasteiger charge is -2.32. The van der Waals surface area contributed by atoms with Gasteiger partial charge in [0.05, 0.1) is 0 Å². The Morgan fingerprint density at radius 3 is 2.74 bits per heavy atom. The van der Waals surface area contributed by atoms with E-state index in [-0.39, 0.29) is 0 Å². The summed E-state index contributed by atoms with van der Waals surface area (Å²) in [4.78, 5) is 16.2. The molecule has 2 aliphatic heterocycles. The number of aryl methyl sites for hydroxylation is 1. The summed E-state index contributed by atoms with van der Waals surface area (Å²) in [5, 5.41) is 3.58. The lowest BCUT2D eigenvalue weighted by Crippen LogP contribution is -2.44. The monoisotopic (exact) mass is 309 g/mol. The minimum atomic E-state index is 0.351. The molecule has 1 N–H and O–H groups in total. The lowest BCUT2D eigenvalue weighted by molar-refractivity contribution is 0.209. The number of hydrogen-bond acceptors (Lipinski definition) is 5. The first-order valence-corrected chi connectivity index (χ1v) is 8.51. The number of anilines is 1. The van der Waals surface area contributed by atoms with E-state index in [9.17, 15) is 0 Å². The van der Waals surface area contributed by atoms with Gasteiger partial charge in [0, 0.05) is 30.0 Å². The average molecular weight is 309 g/mol. The summed E-state index contributed by atoms with van der Waals surface area (Å²) in [7, 11) is 0. The summed E-state index contributed by atoms with van der Waals surface area (Å²) in [6.45, 7) is 5.49. The smallest absolute Gasteiger partial charge is 0.180 e. The topological polar surface area (TPSA) is 53.9 Å². The highest BCUT2D eigenvalue weighted by molar-refractivity contribution is 5.52. The van der Waals surface area contributed by atoms with E-state index in [4.69, 9.17) is 0 Å². The van der Waals surface area contributed by atoms with Gasteiger partial charge in [-0.25, -0.2) is 9.97 Å². The highest BCUT2D eigenvalue weighted by atomic mass is 15.3. The summed E-state index contributed by atoms with van der Waals surface area (Å²) in [5.41, 5.74) is 2.14. The number of fused-ring (bicyclic) bond motifs is 1. The third kappa shape index (κ3) is 2.81. The van der Waals surface area contributed by atoms with Crippen molar-refractivity contribution in [1.82, 2.24) is 19.9 Å². The van der Waals surface area contributed by atoms with Crippen LogP contribution in [0, 0.1) is 6.92 Å². The van der Waals surface area contributed by atoms with Crippen LogP contribution in [-0.2, 0) is 0 Å². The highest BCUT2D eigenvalue weighted by Gasteiger charge is 2.43. The van der Waals surface area contributed by atoms with Crippen LogP contribution >= 0.6 is 0 Å². The van der Waals surface area contributed by atoms with Crippen LogP contribution in [-0.4, -0.2) is 45.0 Å². The second kappa shape index (κ2) is 5.89. The molecule has 4 rings (SSSR count). The molecule has 0 aliphatic carbocycles. The number of nitrogens with one attached hydrogen (secondary N) is 1. The van der Waals surface area contributed by atoms with Crippen molar-refractivity contribution in [2.75, 3.05) is 25.0 Å². The van der Waals surface area contributed by atoms with Gasteiger partial charge < -0.3 is 5.32 Å². The molecule has 0 amide bonds. The van der Waals surface area contributed by atoms with Gasteiger partial charge in [0.2, 0.25) is 0 Å². The van der Waals surface area contributed by atoms with Gasteiger partial charge in [0.15, 0.2) is 5.82 Å². The van der Waals surface area contributed by atoms with E-state index in [1.165, 1.54) is 38.8 Å². The number of nitrogens with zero attached hydrogens (tertiary/aromatic N) is 4. The number of aromatic nitrogens is 3. The van der Waals surface area contributed by atoms with Gasteiger partial charge in [-0.2, -0.15) is 0 Å². The fourth-order valence-electron chi connectivity index (χ4n) is 4.04. The Balaban J connectivity index is 1.54. The van der Waals surface area contributed by atoms with Crippen LogP contribution in [0.15, 0.2) is 30.5 Å². The maximum Gasteiger partial charge on any atom is 0.180 e. The molecule has 0 saturated carbocycles. The summed E-state index contributed by atoms with van der Waals surface area (Å²) in [6.07, 6.45) is 7.03. The van der Waals surface area contributed by atoms with Gasteiger partial charge in [0.25, 0.3) is 0 Å². The Labute approximate surface area is 137 Å². The van der Waals surface area contributed by atoms with E-state index in [1.807, 2.05) is 31.2 Å². The molecule has 2 fully saturated rings. The Kier molecular flexibility index (Phi) is 3.73. The summed E-state index contributed by atoms with van der Waals surface area (Å²) < 4.78 is 0. The number of rotatable bonds is 4. The Morgan fingerprint density at radius 1 is 1.17 bits per heavy atom. The zero-order valence-electron chi connectivity index (χ0n) is 13.6. The third-order valence-electron chi connectivity index (χ3n) is 5.16. The minimum Gasteiger partial charge on any atom is -0.368 e. The van der Waals surface area contributed by atoms with Gasteiger partial charge in [-0.3, -0.25) is 9.88 Å². The van der Waals surface area contributed by atoms with Gasteiger partial charge in [-0.15, -0.1) is 0 Å². The second-order valence-corrected chi connectivity index (χ2v) is 6.71. The third-order valence-corrected chi connectivity index (χ3v) is 5.16. The predicted octanol–water partition coefficient (Wildman–Crippen LogP) is 2.89. The van der Waals surface area contributed by atoms with Gasteiger partial charge in [-0.05, 0) is 57.8 Å². The molecular weight excluding hydrogens is 286 g/mol. The molecule has 0 spiro atoms. The molecule has 5 heteroatoms. The molecule has 2 aromatic rings. The molecule has 5 nitrogen and oxygen atoms in total. The Bertz CT molecular complexity index is 675. The van der Waals surface area contributed by atoms with Crippen molar-refractivity contribution >= 4 is 5.82 Å². The quantitative estimate of drug-likeness (QED) is 0.941. The first kappa shape index (κ1) is 14.6. The van der Waals surface area contributed by atoms with E-state index in [0.717, 1.165) is 23.8 Å². The normalized spacial score (nSPS) is 19.7. The molecule has 23 heavy (non-hydrogen) atoms.